The van der Waals surface area contributed by atoms with Gasteiger partial charge in [-0.25, -0.2) is 4.79 Å². The van der Waals surface area contributed by atoms with Crippen LogP contribution in [0.1, 0.15) is 13.2 Å². The average Bonchev–Trinajstić information content (AvgIpc) is 2.31. The van der Waals surface area contributed by atoms with Gasteiger partial charge in [-0.3, -0.25) is 4.57 Å². The van der Waals surface area contributed by atoms with E-state index in [-0.39, 0.29) is 5.82 Å². The van der Waals surface area contributed by atoms with Crippen LogP contribution in [0.2, 0.25) is 0 Å². The molecule has 0 amide bonds. The highest BCUT2D eigenvalue weighted by Crippen LogP contribution is 2.11. The largest absolute Gasteiger partial charge is 0.394 e. The number of rotatable bonds is 6. The zero-order valence-electron chi connectivity index (χ0n) is 9.93. The van der Waals surface area contributed by atoms with Crippen LogP contribution in [0.25, 0.3) is 0 Å². The third-order valence-corrected chi connectivity index (χ3v) is 2.37. The number of hydrogen-bond donors (Lipinski definition) is 4. The Hall–Kier alpha value is -1.48. The molecule has 1 aromatic heterocycles. The summed E-state index contributed by atoms with van der Waals surface area (Å²) >= 11 is 0. The minimum absolute atomic E-state index is 0.0576. The number of aliphatic hydroxyl groups is 3. The predicted molar refractivity (Wildman–Crippen MR) is 62.7 cm³/mol. The Bertz CT molecular complexity index is 434. The molecule has 102 valence electrons. The average molecular weight is 259 g/mol. The zero-order valence-corrected chi connectivity index (χ0v) is 9.93. The van der Waals surface area contributed by atoms with Crippen LogP contribution in [0.15, 0.2) is 17.1 Å². The van der Waals surface area contributed by atoms with Crippen LogP contribution in [-0.4, -0.2) is 50.3 Å². The number of aromatic nitrogens is 2. The molecule has 0 aliphatic rings. The summed E-state index contributed by atoms with van der Waals surface area (Å²) in [6.07, 6.45) is -1.58. The van der Waals surface area contributed by atoms with E-state index >= 15 is 0 Å². The summed E-state index contributed by atoms with van der Waals surface area (Å²) in [4.78, 5) is 15.0. The number of nitrogens with two attached hydrogens (primary N) is 1. The van der Waals surface area contributed by atoms with Gasteiger partial charge in [0.25, 0.3) is 0 Å². The maximum atomic E-state index is 11.5. The molecule has 5 N–H and O–H groups in total. The number of ether oxygens (including phenoxy) is 1. The van der Waals surface area contributed by atoms with Gasteiger partial charge in [-0.15, -0.1) is 0 Å². The standard InChI is InChI=1S/C10H17N3O5/c1-6(16)7(4-14)18-9(5-15)13-3-2-8(11)12-10(13)17/h2-3,6-7,9,14-16H,4-5H2,1H3,(H2,11,12,17)/t6-,7-,9-/m1/s1. The van der Waals surface area contributed by atoms with E-state index in [1.54, 1.807) is 0 Å². The molecule has 0 saturated heterocycles. The molecule has 0 spiro atoms. The fraction of sp³-hybridized carbons (Fsp3) is 0.600. The lowest BCUT2D eigenvalue weighted by Crippen LogP contribution is -2.38. The van der Waals surface area contributed by atoms with Gasteiger partial charge in [0.05, 0.1) is 19.3 Å². The van der Waals surface area contributed by atoms with Crippen LogP contribution in [0, 0.1) is 0 Å². The van der Waals surface area contributed by atoms with Gasteiger partial charge in [0.2, 0.25) is 0 Å². The lowest BCUT2D eigenvalue weighted by Gasteiger charge is -2.25. The molecule has 8 heteroatoms. The van der Waals surface area contributed by atoms with Crippen LogP contribution in [-0.2, 0) is 4.74 Å². The van der Waals surface area contributed by atoms with Crippen molar-refractivity contribution < 1.29 is 20.1 Å². The third-order valence-electron chi connectivity index (χ3n) is 2.37. The molecule has 0 bridgehead atoms. The van der Waals surface area contributed by atoms with Crippen molar-refractivity contribution in [3.05, 3.63) is 22.7 Å². The first-order chi connectivity index (χ1) is 8.49. The Balaban J connectivity index is 2.92. The minimum Gasteiger partial charge on any atom is -0.394 e. The van der Waals surface area contributed by atoms with Crippen LogP contribution in [0.4, 0.5) is 5.82 Å². The van der Waals surface area contributed by atoms with Crippen molar-refractivity contribution in [1.82, 2.24) is 9.55 Å². The molecule has 0 aliphatic heterocycles. The second-order valence-corrected chi connectivity index (χ2v) is 3.78. The number of hydrogen-bond acceptors (Lipinski definition) is 7. The highest BCUT2D eigenvalue weighted by Gasteiger charge is 2.21. The molecule has 0 fully saturated rings. The quantitative estimate of drug-likeness (QED) is 0.468. The van der Waals surface area contributed by atoms with Crippen molar-refractivity contribution in [3.63, 3.8) is 0 Å². The van der Waals surface area contributed by atoms with E-state index in [0.29, 0.717) is 0 Å². The van der Waals surface area contributed by atoms with E-state index < -0.39 is 37.3 Å². The maximum Gasteiger partial charge on any atom is 0.351 e. The first-order valence-electron chi connectivity index (χ1n) is 5.39. The van der Waals surface area contributed by atoms with E-state index in [2.05, 4.69) is 4.98 Å². The fourth-order valence-electron chi connectivity index (χ4n) is 1.35. The van der Waals surface area contributed by atoms with Gasteiger partial charge in [0.1, 0.15) is 11.9 Å². The Morgan fingerprint density at radius 2 is 2.17 bits per heavy atom. The summed E-state index contributed by atoms with van der Waals surface area (Å²) < 4.78 is 6.28. The summed E-state index contributed by atoms with van der Waals surface area (Å²) in [7, 11) is 0. The molecule has 1 aromatic rings. The molecule has 1 heterocycles. The molecular formula is C10H17N3O5. The summed E-state index contributed by atoms with van der Waals surface area (Å²) in [6.45, 7) is 0.485. The molecular weight excluding hydrogens is 242 g/mol. The Morgan fingerprint density at radius 3 is 2.61 bits per heavy atom. The van der Waals surface area contributed by atoms with Crippen molar-refractivity contribution in [1.29, 1.82) is 0 Å². The molecule has 3 atom stereocenters. The van der Waals surface area contributed by atoms with Gasteiger partial charge in [-0.05, 0) is 13.0 Å². The monoisotopic (exact) mass is 259 g/mol. The van der Waals surface area contributed by atoms with Crippen molar-refractivity contribution >= 4 is 5.82 Å². The summed E-state index contributed by atoms with van der Waals surface area (Å²) in [6, 6.07) is 1.38. The second kappa shape index (κ2) is 6.45. The molecule has 18 heavy (non-hydrogen) atoms. The van der Waals surface area contributed by atoms with E-state index in [1.165, 1.54) is 19.2 Å². The lowest BCUT2D eigenvalue weighted by atomic mass is 10.2. The first-order valence-corrected chi connectivity index (χ1v) is 5.39. The molecule has 0 radical (unpaired) electrons. The van der Waals surface area contributed by atoms with E-state index in [4.69, 9.17) is 15.6 Å². The fourth-order valence-corrected chi connectivity index (χ4v) is 1.35. The van der Waals surface area contributed by atoms with Crippen molar-refractivity contribution in [2.24, 2.45) is 0 Å². The van der Waals surface area contributed by atoms with Gasteiger partial charge < -0.3 is 25.8 Å². The predicted octanol–water partition coefficient (Wildman–Crippen LogP) is -1.93. The van der Waals surface area contributed by atoms with Crippen molar-refractivity contribution in [3.8, 4) is 0 Å². The SMILES string of the molecule is C[C@@H](O)[C@@H](CO)O[C@H](CO)n1ccc(N)nc1=O. The Morgan fingerprint density at radius 1 is 1.50 bits per heavy atom. The molecule has 0 aromatic carbocycles. The molecule has 8 nitrogen and oxygen atoms in total. The number of nitrogen functional groups attached to an aromatic ring is 1. The number of anilines is 1. The van der Waals surface area contributed by atoms with Gasteiger partial charge in [0.15, 0.2) is 6.23 Å². The van der Waals surface area contributed by atoms with Crippen LogP contribution in [0.3, 0.4) is 0 Å². The lowest BCUT2D eigenvalue weighted by molar-refractivity contribution is -0.134. The number of aliphatic hydroxyl groups excluding tert-OH is 3. The third kappa shape index (κ3) is 3.50. The molecule has 0 saturated carbocycles. The first kappa shape index (κ1) is 14.6. The van der Waals surface area contributed by atoms with E-state index in [0.717, 1.165) is 4.57 Å². The van der Waals surface area contributed by atoms with Gasteiger partial charge in [0, 0.05) is 6.20 Å². The maximum absolute atomic E-state index is 11.5. The highest BCUT2D eigenvalue weighted by atomic mass is 16.5. The summed E-state index contributed by atoms with van der Waals surface area (Å²) in [5.74, 6) is 0.0576. The Kier molecular flexibility index (Phi) is 5.23. The zero-order chi connectivity index (χ0) is 13.7. The molecule has 0 unspecified atom stereocenters. The molecule has 0 aliphatic carbocycles. The summed E-state index contributed by atoms with van der Waals surface area (Å²) in [5, 5.41) is 27.5. The van der Waals surface area contributed by atoms with E-state index in [1.807, 2.05) is 0 Å². The smallest absolute Gasteiger partial charge is 0.351 e. The topological polar surface area (TPSA) is 131 Å². The van der Waals surface area contributed by atoms with Crippen LogP contribution >= 0.6 is 0 Å². The van der Waals surface area contributed by atoms with Crippen LogP contribution in [0.5, 0.6) is 0 Å². The van der Waals surface area contributed by atoms with Gasteiger partial charge in [-0.1, -0.05) is 0 Å². The second-order valence-electron chi connectivity index (χ2n) is 3.78. The summed E-state index contributed by atoms with van der Waals surface area (Å²) in [5.41, 5.74) is 4.65. The number of nitrogens with zero attached hydrogens (tertiary/aromatic N) is 2. The minimum atomic E-state index is -1.04. The van der Waals surface area contributed by atoms with Crippen molar-refractivity contribution in [2.75, 3.05) is 18.9 Å². The van der Waals surface area contributed by atoms with E-state index in [9.17, 15) is 15.0 Å². The van der Waals surface area contributed by atoms with Gasteiger partial charge >= 0.3 is 5.69 Å². The highest BCUT2D eigenvalue weighted by molar-refractivity contribution is 5.23. The Labute approximate surface area is 103 Å². The van der Waals surface area contributed by atoms with Crippen molar-refractivity contribution in [2.45, 2.75) is 25.4 Å². The normalized spacial score (nSPS) is 16.2. The van der Waals surface area contributed by atoms with Gasteiger partial charge in [-0.2, -0.15) is 4.98 Å². The van der Waals surface area contributed by atoms with Crippen LogP contribution < -0.4 is 11.4 Å². The molecule has 1 rings (SSSR count).